The molecular formula is C13H18N2O3. The van der Waals surface area contributed by atoms with Gasteiger partial charge in [-0.1, -0.05) is 6.07 Å². The summed E-state index contributed by atoms with van der Waals surface area (Å²) in [4.78, 5) is 11.9. The molecule has 1 fully saturated rings. The van der Waals surface area contributed by atoms with Gasteiger partial charge in [0.1, 0.15) is 12.2 Å². The van der Waals surface area contributed by atoms with E-state index in [0.717, 1.165) is 11.3 Å². The molecule has 2 rings (SSSR count). The van der Waals surface area contributed by atoms with E-state index >= 15 is 0 Å². The van der Waals surface area contributed by atoms with Crippen LogP contribution in [0.2, 0.25) is 0 Å². The number of hydrogen-bond acceptors (Lipinski definition) is 4. The Morgan fingerprint density at radius 2 is 2.28 bits per heavy atom. The highest BCUT2D eigenvalue weighted by atomic mass is 16.6. The minimum atomic E-state index is -0.500. The van der Waals surface area contributed by atoms with Crippen molar-refractivity contribution < 1.29 is 14.3 Å². The van der Waals surface area contributed by atoms with Gasteiger partial charge in [-0.15, -0.1) is 0 Å². The molecule has 0 bridgehead atoms. The average molecular weight is 250 g/mol. The first-order chi connectivity index (χ1) is 8.56. The second kappa shape index (κ2) is 5.37. The zero-order chi connectivity index (χ0) is 13.1. The van der Waals surface area contributed by atoms with Gasteiger partial charge in [-0.25, -0.2) is 0 Å². The number of carbonyl (C=O) groups is 1. The van der Waals surface area contributed by atoms with E-state index in [1.54, 1.807) is 19.1 Å². The Morgan fingerprint density at radius 1 is 1.56 bits per heavy atom. The van der Waals surface area contributed by atoms with Gasteiger partial charge in [0, 0.05) is 11.4 Å². The van der Waals surface area contributed by atoms with E-state index in [1.165, 1.54) is 0 Å². The molecule has 5 heteroatoms. The topological polar surface area (TPSA) is 73.6 Å². The van der Waals surface area contributed by atoms with Crippen LogP contribution in [0.25, 0.3) is 0 Å². The lowest BCUT2D eigenvalue weighted by Gasteiger charge is -2.28. The number of hydrogen-bond donors (Lipinski definition) is 2. The number of nitrogens with two attached hydrogens (primary N) is 1. The molecule has 0 aliphatic carbocycles. The first-order valence-electron chi connectivity index (χ1n) is 5.96. The molecule has 1 heterocycles. The van der Waals surface area contributed by atoms with Crippen molar-refractivity contribution in [1.82, 2.24) is 0 Å². The molecule has 1 aromatic carbocycles. The minimum Gasteiger partial charge on any atom is -0.399 e. The maximum atomic E-state index is 11.9. The Hall–Kier alpha value is -1.59. The van der Waals surface area contributed by atoms with Crippen molar-refractivity contribution >= 4 is 17.3 Å². The highest BCUT2D eigenvalue weighted by Gasteiger charge is 2.25. The number of amides is 1. The number of nitrogen functional groups attached to an aromatic ring is 1. The van der Waals surface area contributed by atoms with Gasteiger partial charge in [-0.2, -0.15) is 0 Å². The lowest BCUT2D eigenvalue weighted by Crippen LogP contribution is -2.41. The summed E-state index contributed by atoms with van der Waals surface area (Å²) in [5, 5.41) is 2.82. The molecule has 1 aliphatic heterocycles. The van der Waals surface area contributed by atoms with Crippen LogP contribution in [-0.2, 0) is 14.3 Å². The van der Waals surface area contributed by atoms with Gasteiger partial charge in [0.25, 0.3) is 5.91 Å². The molecular weight excluding hydrogens is 232 g/mol. The second-order valence-corrected chi connectivity index (χ2v) is 4.50. The third-order valence-corrected chi connectivity index (χ3v) is 2.89. The predicted molar refractivity (Wildman–Crippen MR) is 69.4 cm³/mol. The summed E-state index contributed by atoms with van der Waals surface area (Å²) in [6.07, 6.45) is -0.465. The molecule has 1 atom stereocenters. The van der Waals surface area contributed by atoms with E-state index in [-0.39, 0.29) is 12.0 Å². The van der Waals surface area contributed by atoms with Crippen molar-refractivity contribution in [2.75, 3.05) is 24.3 Å². The Balaban J connectivity index is 1.94. The molecule has 18 heavy (non-hydrogen) atoms. The molecule has 0 spiro atoms. The highest BCUT2D eigenvalue weighted by Crippen LogP contribution is 2.19. The molecule has 1 aliphatic rings. The van der Waals surface area contributed by atoms with Crippen LogP contribution < -0.4 is 11.1 Å². The lowest BCUT2D eigenvalue weighted by molar-refractivity contribution is -0.161. The van der Waals surface area contributed by atoms with Gasteiger partial charge in [-0.3, -0.25) is 4.79 Å². The maximum absolute atomic E-state index is 11.9. The van der Waals surface area contributed by atoms with E-state index in [0.29, 0.717) is 18.9 Å². The molecule has 0 saturated carbocycles. The number of anilines is 2. The average Bonchev–Trinajstić information content (AvgIpc) is 2.28. The highest BCUT2D eigenvalue weighted by molar-refractivity contribution is 5.95. The SMILES string of the molecule is Cc1ccc(N)cc1NC(=O)C(C)OC1COC1. The largest absolute Gasteiger partial charge is 0.399 e. The second-order valence-electron chi connectivity index (χ2n) is 4.50. The van der Waals surface area contributed by atoms with E-state index in [4.69, 9.17) is 15.2 Å². The number of ether oxygens (including phenoxy) is 2. The van der Waals surface area contributed by atoms with E-state index in [2.05, 4.69) is 5.32 Å². The van der Waals surface area contributed by atoms with Crippen molar-refractivity contribution in [2.24, 2.45) is 0 Å². The van der Waals surface area contributed by atoms with Gasteiger partial charge in [0.05, 0.1) is 13.2 Å². The predicted octanol–water partition coefficient (Wildman–Crippen LogP) is 1.32. The van der Waals surface area contributed by atoms with Crippen LogP contribution in [0, 0.1) is 6.92 Å². The van der Waals surface area contributed by atoms with Gasteiger partial charge >= 0.3 is 0 Å². The fourth-order valence-electron chi connectivity index (χ4n) is 1.65. The van der Waals surface area contributed by atoms with Crippen LogP contribution in [0.5, 0.6) is 0 Å². The third-order valence-electron chi connectivity index (χ3n) is 2.89. The van der Waals surface area contributed by atoms with Crippen LogP contribution in [0.15, 0.2) is 18.2 Å². The molecule has 1 unspecified atom stereocenters. The van der Waals surface area contributed by atoms with Gasteiger partial charge in [0.2, 0.25) is 0 Å². The molecule has 0 aromatic heterocycles. The van der Waals surface area contributed by atoms with Crippen molar-refractivity contribution in [2.45, 2.75) is 26.1 Å². The Morgan fingerprint density at radius 3 is 2.89 bits per heavy atom. The van der Waals surface area contributed by atoms with Crippen molar-refractivity contribution in [3.05, 3.63) is 23.8 Å². The molecule has 1 amide bonds. The number of aryl methyl sites for hydroxylation is 1. The third kappa shape index (κ3) is 3.00. The lowest BCUT2D eigenvalue weighted by atomic mass is 10.1. The molecule has 3 N–H and O–H groups in total. The number of benzene rings is 1. The summed E-state index contributed by atoms with van der Waals surface area (Å²) < 4.78 is 10.5. The monoisotopic (exact) mass is 250 g/mol. The first kappa shape index (κ1) is 12.9. The van der Waals surface area contributed by atoms with Gasteiger partial charge in [0.15, 0.2) is 0 Å². The summed E-state index contributed by atoms with van der Waals surface area (Å²) >= 11 is 0. The number of rotatable bonds is 4. The summed E-state index contributed by atoms with van der Waals surface area (Å²) in [6.45, 7) is 4.78. The summed E-state index contributed by atoms with van der Waals surface area (Å²) in [5.41, 5.74) is 8.01. The zero-order valence-electron chi connectivity index (χ0n) is 10.6. The van der Waals surface area contributed by atoms with Crippen LogP contribution in [0.3, 0.4) is 0 Å². The Kier molecular flexibility index (Phi) is 3.84. The first-order valence-corrected chi connectivity index (χ1v) is 5.96. The molecule has 1 aromatic rings. The smallest absolute Gasteiger partial charge is 0.253 e. The van der Waals surface area contributed by atoms with Gasteiger partial charge < -0.3 is 20.5 Å². The Labute approximate surface area is 106 Å². The molecule has 5 nitrogen and oxygen atoms in total. The quantitative estimate of drug-likeness (QED) is 0.790. The standard InChI is InChI=1S/C13H18N2O3/c1-8-3-4-10(14)5-12(8)15-13(16)9(2)18-11-6-17-7-11/h3-5,9,11H,6-7,14H2,1-2H3,(H,15,16). The fourth-order valence-corrected chi connectivity index (χ4v) is 1.65. The van der Waals surface area contributed by atoms with Gasteiger partial charge in [-0.05, 0) is 31.5 Å². The summed E-state index contributed by atoms with van der Waals surface area (Å²) in [6, 6.07) is 5.42. The van der Waals surface area contributed by atoms with Crippen molar-refractivity contribution in [3.8, 4) is 0 Å². The van der Waals surface area contributed by atoms with E-state index < -0.39 is 6.10 Å². The molecule has 0 radical (unpaired) electrons. The zero-order valence-corrected chi connectivity index (χ0v) is 10.6. The number of carbonyl (C=O) groups excluding carboxylic acids is 1. The van der Waals surface area contributed by atoms with Crippen LogP contribution in [-0.4, -0.2) is 31.3 Å². The summed E-state index contributed by atoms with van der Waals surface area (Å²) in [7, 11) is 0. The minimum absolute atomic E-state index is 0.0349. The van der Waals surface area contributed by atoms with Crippen molar-refractivity contribution in [3.63, 3.8) is 0 Å². The van der Waals surface area contributed by atoms with Crippen LogP contribution >= 0.6 is 0 Å². The van der Waals surface area contributed by atoms with Crippen LogP contribution in [0.1, 0.15) is 12.5 Å². The molecule has 98 valence electrons. The van der Waals surface area contributed by atoms with Crippen molar-refractivity contribution in [1.29, 1.82) is 0 Å². The molecule has 1 saturated heterocycles. The summed E-state index contributed by atoms with van der Waals surface area (Å²) in [5.74, 6) is -0.171. The van der Waals surface area contributed by atoms with E-state index in [9.17, 15) is 4.79 Å². The number of nitrogens with one attached hydrogen (secondary N) is 1. The van der Waals surface area contributed by atoms with E-state index in [1.807, 2.05) is 13.0 Å². The maximum Gasteiger partial charge on any atom is 0.253 e. The Bertz CT molecular complexity index is 444. The fraction of sp³-hybridized carbons (Fsp3) is 0.462. The normalized spacial score (nSPS) is 17.0. The van der Waals surface area contributed by atoms with Crippen LogP contribution in [0.4, 0.5) is 11.4 Å².